The van der Waals surface area contributed by atoms with Crippen molar-refractivity contribution >= 4 is 22.9 Å². The first-order valence-electron chi connectivity index (χ1n) is 9.75. The van der Waals surface area contributed by atoms with Gasteiger partial charge < -0.3 is 9.80 Å². The highest BCUT2D eigenvalue weighted by atomic mass is 32.1. The van der Waals surface area contributed by atoms with E-state index in [2.05, 4.69) is 9.88 Å². The number of nitrogens with zero attached hydrogens (tertiary/aromatic N) is 4. The number of piperidine rings is 1. The Balaban J connectivity index is 1.35. The Morgan fingerprint density at radius 2 is 1.93 bits per heavy atom. The molecule has 2 saturated heterocycles. The number of piperazine rings is 1. The van der Waals surface area contributed by atoms with E-state index in [4.69, 9.17) is 0 Å². The number of aromatic nitrogens is 1. The number of rotatable bonds is 3. The van der Waals surface area contributed by atoms with Crippen molar-refractivity contribution in [2.24, 2.45) is 0 Å². The van der Waals surface area contributed by atoms with Crippen molar-refractivity contribution in [1.29, 1.82) is 0 Å². The summed E-state index contributed by atoms with van der Waals surface area (Å²) in [6, 6.07) is 5.82. The van der Waals surface area contributed by atoms with Gasteiger partial charge in [0.25, 0.3) is 5.91 Å². The van der Waals surface area contributed by atoms with Gasteiger partial charge in [-0.15, -0.1) is 11.3 Å². The van der Waals surface area contributed by atoms with E-state index in [9.17, 15) is 18.0 Å². The van der Waals surface area contributed by atoms with Crippen LogP contribution in [0.25, 0.3) is 0 Å². The number of likely N-dealkylation sites (tertiary alicyclic amines) is 1. The molecule has 0 bridgehead atoms. The van der Waals surface area contributed by atoms with E-state index in [1.165, 1.54) is 23.5 Å². The van der Waals surface area contributed by atoms with Gasteiger partial charge in [0.05, 0.1) is 11.1 Å². The third kappa shape index (κ3) is 4.56. The van der Waals surface area contributed by atoms with E-state index in [1.807, 2.05) is 9.80 Å². The average molecular weight is 424 g/mol. The largest absolute Gasteiger partial charge is 0.416 e. The fourth-order valence-corrected chi connectivity index (χ4v) is 4.67. The summed E-state index contributed by atoms with van der Waals surface area (Å²) < 4.78 is 38.9. The summed E-state index contributed by atoms with van der Waals surface area (Å²) in [7, 11) is 0. The highest BCUT2D eigenvalue weighted by Crippen LogP contribution is 2.32. The van der Waals surface area contributed by atoms with E-state index in [0.717, 1.165) is 38.5 Å². The van der Waals surface area contributed by atoms with Gasteiger partial charge in [-0.3, -0.25) is 9.69 Å². The molecule has 0 aliphatic carbocycles. The van der Waals surface area contributed by atoms with Crippen LogP contribution in [0.3, 0.4) is 0 Å². The van der Waals surface area contributed by atoms with Crippen molar-refractivity contribution in [2.75, 3.05) is 44.2 Å². The molecule has 2 aromatic rings. The molecule has 1 aromatic carbocycles. The van der Waals surface area contributed by atoms with E-state index < -0.39 is 11.7 Å². The van der Waals surface area contributed by atoms with E-state index >= 15 is 0 Å². The summed E-state index contributed by atoms with van der Waals surface area (Å²) in [6.07, 6.45) is -2.34. The number of anilines is 1. The minimum atomic E-state index is -4.33. The third-order valence-electron chi connectivity index (χ3n) is 5.70. The van der Waals surface area contributed by atoms with Crippen LogP contribution < -0.4 is 4.90 Å². The number of thiazole rings is 1. The van der Waals surface area contributed by atoms with Crippen molar-refractivity contribution in [2.45, 2.75) is 25.1 Å². The zero-order chi connectivity index (χ0) is 20.4. The molecule has 2 aliphatic rings. The smallest absolute Gasteiger partial charge is 0.369 e. The Kier molecular flexibility index (Phi) is 5.78. The molecule has 3 heterocycles. The fraction of sp³-hybridized carbons (Fsp3) is 0.500. The number of benzene rings is 1. The lowest BCUT2D eigenvalue weighted by atomic mass is 10.0. The number of carbonyl (C=O) groups is 1. The summed E-state index contributed by atoms with van der Waals surface area (Å²) in [5.41, 5.74) is 2.18. The maximum Gasteiger partial charge on any atom is 0.416 e. The van der Waals surface area contributed by atoms with Crippen LogP contribution in [-0.4, -0.2) is 66.0 Å². The number of carbonyl (C=O) groups excluding carboxylic acids is 1. The van der Waals surface area contributed by atoms with Crippen molar-refractivity contribution in [1.82, 2.24) is 14.8 Å². The molecule has 1 amide bonds. The van der Waals surface area contributed by atoms with Gasteiger partial charge in [0.2, 0.25) is 0 Å². The van der Waals surface area contributed by atoms with Gasteiger partial charge in [0, 0.05) is 56.4 Å². The lowest BCUT2D eigenvalue weighted by molar-refractivity contribution is -0.137. The standard InChI is InChI=1S/C20H23F3N4OS/c21-20(22,23)15-3-1-4-16(11-15)25-7-9-26(10-8-25)17-5-2-6-27(12-17)19(28)18-13-29-14-24-18/h1,3-4,11,13-14,17H,2,5-10,12H2/t17-/m1/s1. The molecule has 5 nitrogen and oxygen atoms in total. The van der Waals surface area contributed by atoms with Crippen LogP contribution in [0.4, 0.5) is 18.9 Å². The molecule has 0 unspecified atom stereocenters. The van der Waals surface area contributed by atoms with Crippen LogP contribution in [0, 0.1) is 0 Å². The third-order valence-corrected chi connectivity index (χ3v) is 6.29. The minimum Gasteiger partial charge on any atom is -0.369 e. The Labute approximate surface area is 171 Å². The molecule has 0 saturated carbocycles. The predicted molar refractivity (Wildman–Crippen MR) is 106 cm³/mol. The first-order valence-corrected chi connectivity index (χ1v) is 10.7. The second kappa shape index (κ2) is 8.31. The Bertz CT molecular complexity index is 835. The van der Waals surface area contributed by atoms with Crippen LogP contribution in [0.1, 0.15) is 28.9 Å². The molecule has 2 fully saturated rings. The first kappa shape index (κ1) is 20.2. The molecule has 1 aromatic heterocycles. The van der Waals surface area contributed by atoms with Gasteiger partial charge in [-0.1, -0.05) is 6.07 Å². The zero-order valence-electron chi connectivity index (χ0n) is 15.9. The molecule has 4 rings (SSSR count). The predicted octanol–water partition coefficient (Wildman–Crippen LogP) is 3.59. The van der Waals surface area contributed by atoms with Gasteiger partial charge in [-0.25, -0.2) is 4.98 Å². The van der Waals surface area contributed by atoms with Gasteiger partial charge >= 0.3 is 6.18 Å². The van der Waals surface area contributed by atoms with Gasteiger partial charge in [0.15, 0.2) is 0 Å². The quantitative estimate of drug-likeness (QED) is 0.755. The number of amides is 1. The normalized spacial score (nSPS) is 21.4. The molecular formula is C20H23F3N4OS. The molecule has 0 radical (unpaired) electrons. The van der Waals surface area contributed by atoms with Gasteiger partial charge in [-0.05, 0) is 31.0 Å². The van der Waals surface area contributed by atoms with Crippen LogP contribution in [0.5, 0.6) is 0 Å². The zero-order valence-corrected chi connectivity index (χ0v) is 16.8. The number of halogens is 3. The molecule has 9 heteroatoms. The molecule has 1 atom stereocenters. The molecular weight excluding hydrogens is 401 g/mol. The number of hydrogen-bond donors (Lipinski definition) is 0. The second-order valence-electron chi connectivity index (χ2n) is 7.49. The minimum absolute atomic E-state index is 0.0152. The van der Waals surface area contributed by atoms with Gasteiger partial charge in [0.1, 0.15) is 5.69 Å². The highest BCUT2D eigenvalue weighted by Gasteiger charge is 2.33. The topological polar surface area (TPSA) is 39.7 Å². The van der Waals surface area contributed by atoms with Gasteiger partial charge in [-0.2, -0.15) is 13.2 Å². The SMILES string of the molecule is O=C(c1cscn1)N1CCC[C@@H](N2CCN(c3cccc(C(F)(F)F)c3)CC2)C1. The highest BCUT2D eigenvalue weighted by molar-refractivity contribution is 7.07. The van der Waals surface area contributed by atoms with E-state index in [-0.39, 0.29) is 11.9 Å². The van der Waals surface area contributed by atoms with Crippen LogP contribution >= 0.6 is 11.3 Å². The summed E-state index contributed by atoms with van der Waals surface area (Å²) >= 11 is 1.42. The lowest BCUT2D eigenvalue weighted by Crippen LogP contribution is -2.56. The second-order valence-corrected chi connectivity index (χ2v) is 8.21. The van der Waals surface area contributed by atoms with Crippen LogP contribution in [0.2, 0.25) is 0 Å². The molecule has 0 spiro atoms. The van der Waals surface area contributed by atoms with Crippen LogP contribution in [-0.2, 0) is 6.18 Å². The Hall–Kier alpha value is -2.13. The van der Waals surface area contributed by atoms with Crippen molar-refractivity contribution in [3.05, 3.63) is 46.4 Å². The summed E-state index contributed by atoms with van der Waals surface area (Å²) in [5.74, 6) is -0.0152. The van der Waals surface area contributed by atoms with E-state index in [0.29, 0.717) is 31.0 Å². The monoisotopic (exact) mass is 424 g/mol. The number of hydrogen-bond acceptors (Lipinski definition) is 5. The Morgan fingerprint density at radius 1 is 1.14 bits per heavy atom. The van der Waals surface area contributed by atoms with Crippen LogP contribution in [0.15, 0.2) is 35.2 Å². The Morgan fingerprint density at radius 3 is 2.62 bits per heavy atom. The van der Waals surface area contributed by atoms with Crippen molar-refractivity contribution < 1.29 is 18.0 Å². The maximum atomic E-state index is 13.0. The summed E-state index contributed by atoms with van der Waals surface area (Å²) in [6.45, 7) is 4.34. The van der Waals surface area contributed by atoms with E-state index in [1.54, 1.807) is 17.0 Å². The maximum absolute atomic E-state index is 13.0. The molecule has 29 heavy (non-hydrogen) atoms. The number of alkyl halides is 3. The average Bonchev–Trinajstić information content (AvgIpc) is 3.28. The summed E-state index contributed by atoms with van der Waals surface area (Å²) in [5, 5.41) is 1.78. The molecule has 156 valence electrons. The molecule has 2 aliphatic heterocycles. The van der Waals surface area contributed by atoms with Crippen molar-refractivity contribution in [3.63, 3.8) is 0 Å². The lowest BCUT2D eigenvalue weighted by Gasteiger charge is -2.43. The summed E-state index contributed by atoms with van der Waals surface area (Å²) in [4.78, 5) is 23.0. The fourth-order valence-electron chi connectivity index (χ4n) is 4.14. The molecule has 0 N–H and O–H groups in total. The first-order chi connectivity index (χ1) is 13.9. The van der Waals surface area contributed by atoms with Crippen molar-refractivity contribution in [3.8, 4) is 0 Å².